The van der Waals surface area contributed by atoms with Crippen LogP contribution in [0.2, 0.25) is 0 Å². The van der Waals surface area contributed by atoms with E-state index in [2.05, 4.69) is 70.1 Å². The molecule has 0 spiro atoms. The summed E-state index contributed by atoms with van der Waals surface area (Å²) >= 11 is 0. The van der Waals surface area contributed by atoms with Gasteiger partial charge < -0.3 is 10.2 Å². The van der Waals surface area contributed by atoms with Gasteiger partial charge in [-0.2, -0.15) is 0 Å². The smallest absolute Gasteiger partial charge is 0.0449 e. The fraction of sp³-hybridized carbons (Fsp3) is 0.667. The highest BCUT2D eigenvalue weighted by Crippen LogP contribution is 2.18. The lowest BCUT2D eigenvalue weighted by molar-refractivity contribution is 0.276. The highest BCUT2D eigenvalue weighted by Gasteiger charge is 2.13. The summed E-state index contributed by atoms with van der Waals surface area (Å²) in [6.07, 6.45) is 1.27. The zero-order valence-electron chi connectivity index (χ0n) is 14.2. The summed E-state index contributed by atoms with van der Waals surface area (Å²) < 4.78 is 0. The molecule has 2 heteroatoms. The maximum Gasteiger partial charge on any atom is 0.0449 e. The summed E-state index contributed by atoms with van der Waals surface area (Å²) in [6, 6.07) is 7.27. The first-order valence-electron chi connectivity index (χ1n) is 7.93. The van der Waals surface area contributed by atoms with Crippen LogP contribution in [0.4, 0.5) is 0 Å². The van der Waals surface area contributed by atoms with E-state index in [0.29, 0.717) is 6.04 Å². The molecule has 1 N–H and O–H groups in total. The Morgan fingerprint density at radius 3 is 2.40 bits per heavy atom. The Morgan fingerprint density at radius 1 is 1.15 bits per heavy atom. The second-order valence-electron chi connectivity index (χ2n) is 6.40. The van der Waals surface area contributed by atoms with Gasteiger partial charge in [0.15, 0.2) is 0 Å². The molecule has 0 radical (unpaired) electrons. The topological polar surface area (TPSA) is 15.3 Å². The van der Waals surface area contributed by atoms with Crippen molar-refractivity contribution in [3.05, 3.63) is 34.9 Å². The van der Waals surface area contributed by atoms with Crippen LogP contribution in [0.25, 0.3) is 0 Å². The van der Waals surface area contributed by atoms with Gasteiger partial charge in [0.1, 0.15) is 0 Å². The van der Waals surface area contributed by atoms with E-state index in [1.165, 1.54) is 29.7 Å². The Hall–Kier alpha value is -0.860. The maximum absolute atomic E-state index is 3.62. The summed E-state index contributed by atoms with van der Waals surface area (Å²) in [4.78, 5) is 2.45. The molecular weight excluding hydrogens is 244 g/mol. The summed E-state index contributed by atoms with van der Waals surface area (Å²) in [5.74, 6) is 0.775. The van der Waals surface area contributed by atoms with Crippen molar-refractivity contribution in [1.29, 1.82) is 0 Å². The molecule has 0 amide bonds. The summed E-state index contributed by atoms with van der Waals surface area (Å²) in [5.41, 5.74) is 4.17. The molecule has 2 nitrogen and oxygen atoms in total. The number of rotatable bonds is 8. The minimum absolute atomic E-state index is 0.427. The van der Waals surface area contributed by atoms with E-state index in [0.717, 1.165) is 19.0 Å². The van der Waals surface area contributed by atoms with Crippen molar-refractivity contribution >= 4 is 0 Å². The molecule has 0 saturated carbocycles. The van der Waals surface area contributed by atoms with Crippen molar-refractivity contribution in [2.24, 2.45) is 5.92 Å². The molecule has 0 aromatic heterocycles. The molecule has 0 fully saturated rings. The van der Waals surface area contributed by atoms with Crippen molar-refractivity contribution < 1.29 is 0 Å². The van der Waals surface area contributed by atoms with Gasteiger partial charge in [-0.05, 0) is 63.0 Å². The van der Waals surface area contributed by atoms with Crippen molar-refractivity contribution in [2.75, 3.05) is 26.7 Å². The SMILES string of the molecule is CCNC(CN(C)CCC(C)C)c1ccc(C)c(C)c1. The standard InChI is InChI=1S/C18H32N2/c1-7-19-18(13-20(6)11-10-14(2)3)17-9-8-15(4)16(5)12-17/h8-9,12,14,18-19H,7,10-11,13H2,1-6H3. The Labute approximate surface area is 125 Å². The van der Waals surface area contributed by atoms with Crippen LogP contribution in [0.3, 0.4) is 0 Å². The lowest BCUT2D eigenvalue weighted by Gasteiger charge is -2.26. The fourth-order valence-electron chi connectivity index (χ4n) is 2.40. The third-order valence-electron chi connectivity index (χ3n) is 3.97. The molecule has 114 valence electrons. The largest absolute Gasteiger partial charge is 0.309 e. The van der Waals surface area contributed by atoms with Gasteiger partial charge in [0.25, 0.3) is 0 Å². The van der Waals surface area contributed by atoms with Crippen LogP contribution >= 0.6 is 0 Å². The van der Waals surface area contributed by atoms with Crippen molar-refractivity contribution in [3.8, 4) is 0 Å². The van der Waals surface area contributed by atoms with Gasteiger partial charge >= 0.3 is 0 Å². The van der Waals surface area contributed by atoms with Gasteiger partial charge in [0.2, 0.25) is 0 Å². The molecule has 0 aliphatic heterocycles. The van der Waals surface area contributed by atoms with Gasteiger partial charge in [0.05, 0.1) is 0 Å². The van der Waals surface area contributed by atoms with Crippen molar-refractivity contribution in [1.82, 2.24) is 10.2 Å². The van der Waals surface area contributed by atoms with Gasteiger partial charge in [-0.25, -0.2) is 0 Å². The van der Waals surface area contributed by atoms with E-state index in [-0.39, 0.29) is 0 Å². The second-order valence-corrected chi connectivity index (χ2v) is 6.40. The highest BCUT2D eigenvalue weighted by atomic mass is 15.1. The van der Waals surface area contributed by atoms with Crippen LogP contribution in [-0.4, -0.2) is 31.6 Å². The van der Waals surface area contributed by atoms with Gasteiger partial charge in [0, 0.05) is 12.6 Å². The predicted octanol–water partition coefficient (Wildman–Crippen LogP) is 3.93. The molecule has 0 aliphatic rings. The number of hydrogen-bond donors (Lipinski definition) is 1. The third-order valence-corrected chi connectivity index (χ3v) is 3.97. The Kier molecular flexibility index (Phi) is 7.25. The number of nitrogens with zero attached hydrogens (tertiary/aromatic N) is 1. The quantitative estimate of drug-likeness (QED) is 0.774. The molecule has 1 unspecified atom stereocenters. The highest BCUT2D eigenvalue weighted by molar-refractivity contribution is 5.31. The number of hydrogen-bond acceptors (Lipinski definition) is 2. The number of nitrogens with one attached hydrogen (secondary N) is 1. The lowest BCUT2D eigenvalue weighted by Crippen LogP contribution is -2.34. The van der Waals surface area contributed by atoms with Crippen LogP contribution in [-0.2, 0) is 0 Å². The van der Waals surface area contributed by atoms with E-state index in [1.54, 1.807) is 0 Å². The summed E-state index contributed by atoms with van der Waals surface area (Å²) in [7, 11) is 2.23. The molecule has 20 heavy (non-hydrogen) atoms. The number of benzene rings is 1. The summed E-state index contributed by atoms with van der Waals surface area (Å²) in [6.45, 7) is 14.4. The molecule has 1 rings (SSSR count). The maximum atomic E-state index is 3.62. The normalized spacial score (nSPS) is 13.2. The molecule has 1 aromatic rings. The van der Waals surface area contributed by atoms with E-state index in [9.17, 15) is 0 Å². The average molecular weight is 276 g/mol. The van der Waals surface area contributed by atoms with Crippen LogP contribution in [0.5, 0.6) is 0 Å². The van der Waals surface area contributed by atoms with E-state index >= 15 is 0 Å². The number of likely N-dealkylation sites (N-methyl/N-ethyl adjacent to an activating group) is 2. The minimum Gasteiger partial charge on any atom is -0.309 e. The van der Waals surface area contributed by atoms with Crippen molar-refractivity contribution in [2.45, 2.75) is 47.1 Å². The zero-order valence-corrected chi connectivity index (χ0v) is 14.2. The Balaban J connectivity index is 2.70. The number of aryl methyl sites for hydroxylation is 2. The van der Waals surface area contributed by atoms with Crippen LogP contribution in [0.1, 0.15) is 49.9 Å². The third kappa shape index (κ3) is 5.64. The van der Waals surface area contributed by atoms with E-state index in [1.807, 2.05) is 0 Å². The monoisotopic (exact) mass is 276 g/mol. The summed E-state index contributed by atoms with van der Waals surface area (Å²) in [5, 5.41) is 3.62. The van der Waals surface area contributed by atoms with Crippen LogP contribution in [0, 0.1) is 19.8 Å². The van der Waals surface area contributed by atoms with Crippen LogP contribution in [0.15, 0.2) is 18.2 Å². The molecule has 0 aliphatic carbocycles. The molecule has 0 bridgehead atoms. The predicted molar refractivity (Wildman–Crippen MR) is 89.3 cm³/mol. The molecule has 0 saturated heterocycles. The van der Waals surface area contributed by atoms with Gasteiger partial charge in [-0.15, -0.1) is 0 Å². The lowest BCUT2D eigenvalue weighted by atomic mass is 10.0. The van der Waals surface area contributed by atoms with Gasteiger partial charge in [-0.1, -0.05) is 39.0 Å². The Morgan fingerprint density at radius 2 is 1.85 bits per heavy atom. The zero-order chi connectivity index (χ0) is 15.1. The average Bonchev–Trinajstić information content (AvgIpc) is 2.39. The van der Waals surface area contributed by atoms with E-state index in [4.69, 9.17) is 0 Å². The molecule has 1 aromatic carbocycles. The first-order valence-corrected chi connectivity index (χ1v) is 7.93. The van der Waals surface area contributed by atoms with E-state index < -0.39 is 0 Å². The van der Waals surface area contributed by atoms with Crippen LogP contribution < -0.4 is 5.32 Å². The first kappa shape index (κ1) is 17.2. The fourth-order valence-corrected chi connectivity index (χ4v) is 2.40. The molecule has 1 atom stereocenters. The molecule has 0 heterocycles. The van der Waals surface area contributed by atoms with Gasteiger partial charge in [-0.3, -0.25) is 0 Å². The minimum atomic E-state index is 0.427. The molecular formula is C18H32N2. The second kappa shape index (κ2) is 8.43. The Bertz CT molecular complexity index is 398. The first-order chi connectivity index (χ1) is 9.43. The van der Waals surface area contributed by atoms with Crippen molar-refractivity contribution in [3.63, 3.8) is 0 Å².